The molecule has 1 amide bonds. The van der Waals surface area contributed by atoms with E-state index in [1.807, 2.05) is 0 Å². The fourth-order valence-corrected chi connectivity index (χ4v) is 1.82. The smallest absolute Gasteiger partial charge is 0.326 e. The van der Waals surface area contributed by atoms with E-state index in [2.05, 4.69) is 15.3 Å². The molecule has 110 valence electrons. The van der Waals surface area contributed by atoms with Gasteiger partial charge in [-0.3, -0.25) is 4.79 Å². The van der Waals surface area contributed by atoms with Gasteiger partial charge in [-0.15, -0.1) is 0 Å². The number of nitrogens with one attached hydrogen (secondary N) is 2. The zero-order valence-corrected chi connectivity index (χ0v) is 11.4. The lowest BCUT2D eigenvalue weighted by molar-refractivity contribution is -0.139. The first-order valence-electron chi connectivity index (χ1n) is 6.25. The lowest BCUT2D eigenvalue weighted by Crippen LogP contribution is -2.42. The second-order valence-electron chi connectivity index (χ2n) is 4.38. The molecule has 0 unspecified atom stereocenters. The molecule has 1 aromatic heterocycles. The Morgan fingerprint density at radius 2 is 2.29 bits per heavy atom. The van der Waals surface area contributed by atoms with Crippen LogP contribution >= 0.6 is 0 Å². The standard InChI is InChI=1S/C14H15N3O4/c1-21-11-4-2-3-9(5-11)13(18)17-12(14(19)20)6-10-7-15-8-16-10/h2-5,7-8,12H,6H2,1H3,(H,15,16)(H,17,18)(H,19,20)/t12-/m0/s1. The van der Waals surface area contributed by atoms with Gasteiger partial charge in [-0.05, 0) is 18.2 Å². The molecule has 7 nitrogen and oxygen atoms in total. The number of amides is 1. The van der Waals surface area contributed by atoms with Gasteiger partial charge in [0.1, 0.15) is 11.8 Å². The van der Waals surface area contributed by atoms with E-state index < -0.39 is 17.9 Å². The second-order valence-corrected chi connectivity index (χ2v) is 4.38. The first-order chi connectivity index (χ1) is 10.1. The van der Waals surface area contributed by atoms with Crippen molar-refractivity contribution in [2.45, 2.75) is 12.5 Å². The Bertz CT molecular complexity index is 625. The van der Waals surface area contributed by atoms with E-state index in [1.54, 1.807) is 24.3 Å². The number of carboxylic acids is 1. The van der Waals surface area contributed by atoms with E-state index >= 15 is 0 Å². The Morgan fingerprint density at radius 3 is 2.90 bits per heavy atom. The van der Waals surface area contributed by atoms with Gasteiger partial charge in [-0.1, -0.05) is 6.07 Å². The largest absolute Gasteiger partial charge is 0.497 e. The molecular weight excluding hydrogens is 274 g/mol. The number of hydrogen-bond donors (Lipinski definition) is 3. The molecule has 0 radical (unpaired) electrons. The molecule has 1 atom stereocenters. The number of methoxy groups -OCH3 is 1. The van der Waals surface area contributed by atoms with Crippen molar-refractivity contribution in [2.24, 2.45) is 0 Å². The summed E-state index contributed by atoms with van der Waals surface area (Å²) in [6.07, 6.45) is 3.11. The molecule has 21 heavy (non-hydrogen) atoms. The van der Waals surface area contributed by atoms with E-state index in [0.717, 1.165) is 0 Å². The predicted octanol–water partition coefficient (Wildman–Crippen LogP) is 0.844. The lowest BCUT2D eigenvalue weighted by atomic mass is 10.1. The first-order valence-corrected chi connectivity index (χ1v) is 6.25. The van der Waals surface area contributed by atoms with Crippen LogP contribution in [0.15, 0.2) is 36.8 Å². The van der Waals surface area contributed by atoms with E-state index in [1.165, 1.54) is 19.6 Å². The third-order valence-electron chi connectivity index (χ3n) is 2.91. The molecule has 3 N–H and O–H groups in total. The normalized spacial score (nSPS) is 11.7. The van der Waals surface area contributed by atoms with E-state index in [0.29, 0.717) is 17.0 Å². The Morgan fingerprint density at radius 1 is 1.48 bits per heavy atom. The molecule has 0 fully saturated rings. The van der Waals surface area contributed by atoms with Crippen LogP contribution in [-0.4, -0.2) is 40.1 Å². The van der Waals surface area contributed by atoms with Gasteiger partial charge in [0.25, 0.3) is 5.91 Å². The molecule has 7 heteroatoms. The monoisotopic (exact) mass is 289 g/mol. The Labute approximate surface area is 121 Å². The van der Waals surface area contributed by atoms with Gasteiger partial charge >= 0.3 is 5.97 Å². The maximum Gasteiger partial charge on any atom is 0.326 e. The summed E-state index contributed by atoms with van der Waals surface area (Å²) in [5.41, 5.74) is 0.971. The summed E-state index contributed by atoms with van der Waals surface area (Å²) in [5.74, 6) is -1.05. The minimum Gasteiger partial charge on any atom is -0.497 e. The maximum absolute atomic E-state index is 12.1. The van der Waals surface area contributed by atoms with Crippen molar-refractivity contribution >= 4 is 11.9 Å². The Balaban J connectivity index is 2.08. The third-order valence-corrected chi connectivity index (χ3v) is 2.91. The fraction of sp³-hybridized carbons (Fsp3) is 0.214. The molecule has 0 saturated carbocycles. The van der Waals surface area contributed by atoms with Gasteiger partial charge in [-0.2, -0.15) is 0 Å². The molecule has 0 spiro atoms. The molecule has 0 bridgehead atoms. The Hall–Kier alpha value is -2.83. The highest BCUT2D eigenvalue weighted by Crippen LogP contribution is 2.12. The molecule has 0 aliphatic carbocycles. The highest BCUT2D eigenvalue weighted by atomic mass is 16.5. The van der Waals surface area contributed by atoms with Crippen molar-refractivity contribution in [1.29, 1.82) is 0 Å². The first kappa shape index (κ1) is 14.6. The van der Waals surface area contributed by atoms with Crippen LogP contribution in [0.25, 0.3) is 0 Å². The summed E-state index contributed by atoms with van der Waals surface area (Å²) >= 11 is 0. The number of carbonyl (C=O) groups excluding carboxylic acids is 1. The van der Waals surface area contributed by atoms with Crippen LogP contribution in [0.2, 0.25) is 0 Å². The predicted molar refractivity (Wildman–Crippen MR) is 74.2 cm³/mol. The van der Waals surface area contributed by atoms with Gasteiger partial charge < -0.3 is 20.1 Å². The average molecular weight is 289 g/mol. The number of nitrogens with zero attached hydrogens (tertiary/aromatic N) is 1. The van der Waals surface area contributed by atoms with Crippen molar-refractivity contribution in [3.05, 3.63) is 48.0 Å². The number of aromatic amines is 1. The SMILES string of the molecule is COc1cccc(C(=O)N[C@@H](Cc2cnc[nH]2)C(=O)O)c1. The van der Waals surface area contributed by atoms with Gasteiger partial charge in [0.05, 0.1) is 13.4 Å². The second kappa shape index (κ2) is 6.56. The molecular formula is C14H15N3O4. The number of carbonyl (C=O) groups is 2. The number of imidazole rings is 1. The molecule has 2 rings (SSSR count). The van der Waals surface area contributed by atoms with Crippen LogP contribution in [0.3, 0.4) is 0 Å². The lowest BCUT2D eigenvalue weighted by Gasteiger charge is -2.14. The van der Waals surface area contributed by atoms with Crippen LogP contribution in [0.5, 0.6) is 5.75 Å². The molecule has 0 aliphatic heterocycles. The van der Waals surface area contributed by atoms with Crippen LogP contribution in [0, 0.1) is 0 Å². The summed E-state index contributed by atoms with van der Waals surface area (Å²) in [4.78, 5) is 30.0. The van der Waals surface area contributed by atoms with Crippen molar-refractivity contribution in [3.8, 4) is 5.75 Å². The topological polar surface area (TPSA) is 104 Å². The average Bonchev–Trinajstić information content (AvgIpc) is 2.99. The van der Waals surface area contributed by atoms with E-state index in [9.17, 15) is 14.7 Å². The number of rotatable bonds is 6. The summed E-state index contributed by atoms with van der Waals surface area (Å²) in [6, 6.07) is 5.47. The molecule has 2 aromatic rings. The van der Waals surface area contributed by atoms with Gasteiger partial charge in [0.2, 0.25) is 0 Å². The minimum atomic E-state index is -1.11. The van der Waals surface area contributed by atoms with Crippen molar-refractivity contribution in [3.63, 3.8) is 0 Å². The van der Waals surface area contributed by atoms with Gasteiger partial charge in [0, 0.05) is 23.9 Å². The van der Waals surface area contributed by atoms with Crippen molar-refractivity contribution < 1.29 is 19.4 Å². The summed E-state index contributed by atoms with van der Waals surface area (Å²) in [6.45, 7) is 0. The highest BCUT2D eigenvalue weighted by Gasteiger charge is 2.21. The van der Waals surface area contributed by atoms with Gasteiger partial charge in [0.15, 0.2) is 0 Å². The number of hydrogen-bond acceptors (Lipinski definition) is 4. The van der Waals surface area contributed by atoms with Crippen LogP contribution in [0.1, 0.15) is 16.1 Å². The molecule has 0 saturated heterocycles. The van der Waals surface area contributed by atoms with Crippen LogP contribution in [0.4, 0.5) is 0 Å². The summed E-state index contributed by atoms with van der Waals surface area (Å²) in [7, 11) is 1.50. The van der Waals surface area contributed by atoms with E-state index in [-0.39, 0.29) is 6.42 Å². The molecule has 0 aliphatic rings. The van der Waals surface area contributed by atoms with E-state index in [4.69, 9.17) is 4.74 Å². The quantitative estimate of drug-likeness (QED) is 0.731. The fourth-order valence-electron chi connectivity index (χ4n) is 1.82. The molecule has 1 aromatic carbocycles. The zero-order chi connectivity index (χ0) is 15.2. The minimum absolute atomic E-state index is 0.130. The number of carboxylic acid groups (broad SMARTS) is 1. The highest BCUT2D eigenvalue weighted by molar-refractivity contribution is 5.96. The Kier molecular flexibility index (Phi) is 4.55. The number of aromatic nitrogens is 2. The third kappa shape index (κ3) is 3.82. The zero-order valence-electron chi connectivity index (χ0n) is 11.4. The number of benzene rings is 1. The summed E-state index contributed by atoms with van der Waals surface area (Å²) < 4.78 is 5.03. The van der Waals surface area contributed by atoms with Crippen molar-refractivity contribution in [2.75, 3.05) is 7.11 Å². The van der Waals surface area contributed by atoms with Crippen LogP contribution in [-0.2, 0) is 11.2 Å². The van der Waals surface area contributed by atoms with Crippen LogP contribution < -0.4 is 10.1 Å². The summed E-state index contributed by atoms with van der Waals surface area (Å²) in [5, 5.41) is 11.7. The molecule has 1 heterocycles. The maximum atomic E-state index is 12.1. The number of ether oxygens (including phenoxy) is 1. The number of aliphatic carboxylic acids is 1. The van der Waals surface area contributed by atoms with Gasteiger partial charge in [-0.25, -0.2) is 9.78 Å². The van der Waals surface area contributed by atoms with Crippen molar-refractivity contribution in [1.82, 2.24) is 15.3 Å². The number of H-pyrrole nitrogens is 1.